The number of anilines is 3. The zero-order chi connectivity index (χ0) is 16.9. The fraction of sp³-hybridized carbons (Fsp3) is 0.158. The first-order valence-electron chi connectivity index (χ1n) is 7.84. The van der Waals surface area contributed by atoms with E-state index >= 15 is 0 Å². The molecule has 2 N–H and O–H groups in total. The maximum absolute atomic E-state index is 4.63. The van der Waals surface area contributed by atoms with Gasteiger partial charge in [-0.25, -0.2) is 4.98 Å². The molecular weight excluding hydrogens is 364 g/mol. The van der Waals surface area contributed by atoms with Crippen molar-refractivity contribution in [2.75, 3.05) is 10.6 Å². The summed E-state index contributed by atoms with van der Waals surface area (Å²) in [5.41, 5.74) is 2.92. The van der Waals surface area contributed by atoms with Gasteiger partial charge < -0.3 is 10.6 Å². The van der Waals surface area contributed by atoms with Gasteiger partial charge in [-0.3, -0.25) is 0 Å². The van der Waals surface area contributed by atoms with Crippen LogP contribution in [0.15, 0.2) is 65.1 Å². The van der Waals surface area contributed by atoms with Gasteiger partial charge in [0.1, 0.15) is 5.82 Å². The fourth-order valence-corrected chi connectivity index (χ4v) is 2.54. The third kappa shape index (κ3) is 4.32. The highest BCUT2D eigenvalue weighted by molar-refractivity contribution is 9.10. The molecule has 5 heteroatoms. The number of hydrogen-bond donors (Lipinski definition) is 2. The summed E-state index contributed by atoms with van der Waals surface area (Å²) < 4.78 is 1.04. The molecule has 24 heavy (non-hydrogen) atoms. The first kappa shape index (κ1) is 16.5. The summed E-state index contributed by atoms with van der Waals surface area (Å²) in [6, 6.07) is 20.3. The van der Waals surface area contributed by atoms with Crippen LogP contribution in [0.3, 0.4) is 0 Å². The number of nitrogens with one attached hydrogen (secondary N) is 2. The molecule has 0 spiro atoms. The monoisotopic (exact) mass is 382 g/mol. The van der Waals surface area contributed by atoms with Crippen LogP contribution in [-0.2, 0) is 0 Å². The van der Waals surface area contributed by atoms with Gasteiger partial charge in [-0.1, -0.05) is 46.3 Å². The van der Waals surface area contributed by atoms with E-state index < -0.39 is 0 Å². The smallest absolute Gasteiger partial charge is 0.225 e. The van der Waals surface area contributed by atoms with Crippen LogP contribution >= 0.6 is 15.9 Å². The number of halogens is 1. The van der Waals surface area contributed by atoms with Crippen molar-refractivity contribution in [1.82, 2.24) is 9.97 Å². The van der Waals surface area contributed by atoms with Gasteiger partial charge in [0.05, 0.1) is 5.69 Å². The average Bonchev–Trinajstić information content (AvgIpc) is 2.57. The maximum atomic E-state index is 4.63. The minimum Gasteiger partial charge on any atom is -0.352 e. The largest absolute Gasteiger partial charge is 0.352 e. The van der Waals surface area contributed by atoms with Crippen molar-refractivity contribution in [3.05, 3.63) is 65.1 Å². The van der Waals surface area contributed by atoms with Gasteiger partial charge in [-0.15, -0.1) is 0 Å². The highest BCUT2D eigenvalue weighted by Gasteiger charge is 2.08. The van der Waals surface area contributed by atoms with Crippen LogP contribution in [0.2, 0.25) is 0 Å². The van der Waals surface area contributed by atoms with Crippen LogP contribution in [0.4, 0.5) is 17.5 Å². The summed E-state index contributed by atoms with van der Waals surface area (Å²) in [5.74, 6) is 1.38. The van der Waals surface area contributed by atoms with E-state index in [1.807, 2.05) is 60.7 Å². The lowest BCUT2D eigenvalue weighted by molar-refractivity contribution is 0.876. The van der Waals surface area contributed by atoms with Crippen LogP contribution < -0.4 is 10.6 Å². The Morgan fingerprint density at radius 1 is 0.917 bits per heavy atom. The summed E-state index contributed by atoms with van der Waals surface area (Å²) in [6.07, 6.45) is 0. The lowest BCUT2D eigenvalue weighted by Crippen LogP contribution is -2.13. The summed E-state index contributed by atoms with van der Waals surface area (Å²) in [5, 5.41) is 6.62. The molecule has 0 aliphatic carbocycles. The standard InChI is InChI=1S/C19H19BrN4/c1-13(2)21-19-23-17(14-6-4-3-5-7-14)12-18(24-19)22-16-10-8-15(20)9-11-16/h3-13H,1-2H3,(H2,21,22,23,24). The third-order valence-electron chi connectivity index (χ3n) is 3.33. The van der Waals surface area contributed by atoms with Crippen molar-refractivity contribution in [1.29, 1.82) is 0 Å². The van der Waals surface area contributed by atoms with Crippen molar-refractivity contribution >= 4 is 33.4 Å². The lowest BCUT2D eigenvalue weighted by Gasteiger charge is -2.13. The molecule has 0 bridgehead atoms. The number of rotatable bonds is 5. The first-order chi connectivity index (χ1) is 11.6. The third-order valence-corrected chi connectivity index (χ3v) is 3.86. The number of aromatic nitrogens is 2. The summed E-state index contributed by atoms with van der Waals surface area (Å²) >= 11 is 3.45. The molecular formula is C19H19BrN4. The second-order valence-electron chi connectivity index (χ2n) is 5.76. The van der Waals surface area contributed by atoms with E-state index in [4.69, 9.17) is 0 Å². The molecule has 0 aliphatic heterocycles. The van der Waals surface area contributed by atoms with E-state index in [-0.39, 0.29) is 6.04 Å². The minimum absolute atomic E-state index is 0.261. The predicted molar refractivity (Wildman–Crippen MR) is 104 cm³/mol. The van der Waals surface area contributed by atoms with Crippen LogP contribution in [0, 0.1) is 0 Å². The van der Waals surface area contributed by atoms with Gasteiger partial charge in [0.25, 0.3) is 0 Å². The Bertz CT molecular complexity index is 801. The normalized spacial score (nSPS) is 10.7. The van der Waals surface area contributed by atoms with Crippen LogP contribution in [0.1, 0.15) is 13.8 Å². The zero-order valence-corrected chi connectivity index (χ0v) is 15.2. The second kappa shape index (κ2) is 7.45. The molecule has 3 rings (SSSR count). The first-order valence-corrected chi connectivity index (χ1v) is 8.63. The Balaban J connectivity index is 1.96. The van der Waals surface area contributed by atoms with Gasteiger partial charge in [-0.2, -0.15) is 4.98 Å². The maximum Gasteiger partial charge on any atom is 0.225 e. The van der Waals surface area contributed by atoms with Crippen molar-refractivity contribution in [3.8, 4) is 11.3 Å². The average molecular weight is 383 g/mol. The second-order valence-corrected chi connectivity index (χ2v) is 6.67. The Labute approximate surface area is 150 Å². The molecule has 0 aliphatic rings. The molecule has 0 radical (unpaired) electrons. The molecule has 2 aromatic carbocycles. The van der Waals surface area contributed by atoms with Gasteiger partial charge in [-0.05, 0) is 38.1 Å². The summed E-state index contributed by atoms with van der Waals surface area (Å²) in [7, 11) is 0. The number of nitrogens with zero attached hydrogens (tertiary/aromatic N) is 2. The van der Waals surface area contributed by atoms with Crippen molar-refractivity contribution in [2.45, 2.75) is 19.9 Å². The molecule has 3 aromatic rings. The Kier molecular flexibility index (Phi) is 5.11. The van der Waals surface area contributed by atoms with Crippen molar-refractivity contribution in [3.63, 3.8) is 0 Å². The Hall–Kier alpha value is -2.40. The van der Waals surface area contributed by atoms with E-state index in [0.29, 0.717) is 5.95 Å². The SMILES string of the molecule is CC(C)Nc1nc(Nc2ccc(Br)cc2)cc(-c2ccccc2)n1. The van der Waals surface area contributed by atoms with E-state index in [1.54, 1.807) is 0 Å². The van der Waals surface area contributed by atoms with E-state index in [1.165, 1.54) is 0 Å². The van der Waals surface area contributed by atoms with E-state index in [9.17, 15) is 0 Å². The van der Waals surface area contributed by atoms with E-state index in [2.05, 4.69) is 50.4 Å². The highest BCUT2D eigenvalue weighted by Crippen LogP contribution is 2.24. The summed E-state index contributed by atoms with van der Waals surface area (Å²) in [6.45, 7) is 4.14. The number of hydrogen-bond acceptors (Lipinski definition) is 4. The quantitative estimate of drug-likeness (QED) is 0.614. The lowest BCUT2D eigenvalue weighted by atomic mass is 10.1. The molecule has 0 unspecified atom stereocenters. The van der Waals surface area contributed by atoms with Gasteiger partial charge >= 0.3 is 0 Å². The highest BCUT2D eigenvalue weighted by atomic mass is 79.9. The number of benzene rings is 2. The van der Waals surface area contributed by atoms with Gasteiger partial charge in [0, 0.05) is 27.8 Å². The molecule has 4 nitrogen and oxygen atoms in total. The summed E-state index contributed by atoms with van der Waals surface area (Å²) in [4.78, 5) is 9.20. The molecule has 122 valence electrons. The van der Waals surface area contributed by atoms with Crippen molar-refractivity contribution < 1.29 is 0 Å². The fourth-order valence-electron chi connectivity index (χ4n) is 2.27. The molecule has 1 heterocycles. The topological polar surface area (TPSA) is 49.8 Å². The Morgan fingerprint density at radius 3 is 2.29 bits per heavy atom. The van der Waals surface area contributed by atoms with Crippen LogP contribution in [0.5, 0.6) is 0 Å². The van der Waals surface area contributed by atoms with Crippen LogP contribution in [0.25, 0.3) is 11.3 Å². The molecule has 0 saturated carbocycles. The minimum atomic E-state index is 0.261. The van der Waals surface area contributed by atoms with Gasteiger partial charge in [0.15, 0.2) is 0 Å². The zero-order valence-electron chi connectivity index (χ0n) is 13.6. The molecule has 0 atom stereocenters. The predicted octanol–water partition coefficient (Wildman–Crippen LogP) is 5.47. The molecule has 1 aromatic heterocycles. The Morgan fingerprint density at radius 2 is 1.62 bits per heavy atom. The van der Waals surface area contributed by atoms with Gasteiger partial charge in [0.2, 0.25) is 5.95 Å². The van der Waals surface area contributed by atoms with Crippen molar-refractivity contribution in [2.24, 2.45) is 0 Å². The molecule has 0 fully saturated rings. The molecule has 0 amide bonds. The van der Waals surface area contributed by atoms with Crippen LogP contribution in [-0.4, -0.2) is 16.0 Å². The molecule has 0 saturated heterocycles. The van der Waals surface area contributed by atoms with E-state index in [0.717, 1.165) is 27.2 Å².